The topological polar surface area (TPSA) is 139 Å². The lowest BCUT2D eigenvalue weighted by atomic mass is 9.85. The zero-order valence-corrected chi connectivity index (χ0v) is 22.0. The van der Waals surface area contributed by atoms with Crippen LogP contribution in [-0.2, 0) is 9.53 Å². The van der Waals surface area contributed by atoms with Crippen LogP contribution in [0.25, 0.3) is 22.3 Å². The number of methoxy groups -OCH3 is 2. The summed E-state index contributed by atoms with van der Waals surface area (Å²) in [6.45, 7) is 1.60. The molecule has 1 saturated heterocycles. The number of phenols is 3. The zero-order valence-electron chi connectivity index (χ0n) is 22.0. The average molecular weight is 548 g/mol. The molecule has 0 unspecified atom stereocenters. The van der Waals surface area contributed by atoms with E-state index >= 15 is 0 Å². The van der Waals surface area contributed by atoms with E-state index in [9.17, 15) is 24.9 Å². The highest BCUT2D eigenvalue weighted by Crippen LogP contribution is 2.50. The number of phenolic OH excluding ortho intramolecular Hbond substituents is 3. The summed E-state index contributed by atoms with van der Waals surface area (Å²) in [4.78, 5) is 28.5. The second kappa shape index (κ2) is 11.2. The van der Waals surface area contributed by atoms with Gasteiger partial charge in [0.15, 0.2) is 28.4 Å². The van der Waals surface area contributed by atoms with Crippen molar-refractivity contribution >= 4 is 16.9 Å². The molecule has 5 rings (SSSR count). The molecule has 0 saturated carbocycles. The maximum Gasteiger partial charge on any atom is 0.223 e. The summed E-state index contributed by atoms with van der Waals surface area (Å²) >= 11 is 0. The van der Waals surface area contributed by atoms with Crippen molar-refractivity contribution in [2.24, 2.45) is 0 Å². The molecule has 1 atom stereocenters. The number of hydrogen-bond acceptors (Lipinski definition) is 9. The Hall–Kier alpha value is -4.70. The maximum atomic E-state index is 13.5. The molecule has 1 fully saturated rings. The highest BCUT2D eigenvalue weighted by molar-refractivity contribution is 5.94. The lowest BCUT2D eigenvalue weighted by Crippen LogP contribution is -2.41. The maximum absolute atomic E-state index is 13.5. The number of carbonyl (C=O) groups is 1. The molecule has 10 nitrogen and oxygen atoms in total. The molecule has 1 aliphatic rings. The van der Waals surface area contributed by atoms with E-state index in [4.69, 9.17) is 18.6 Å². The van der Waals surface area contributed by atoms with Gasteiger partial charge in [-0.1, -0.05) is 36.4 Å². The lowest BCUT2D eigenvalue weighted by molar-refractivity contribution is -0.135. The third-order valence-corrected chi connectivity index (χ3v) is 7.09. The molecule has 1 aliphatic heterocycles. The molecule has 1 amide bonds. The SMILES string of the molecule is COc1ccc([C@H](CC(=O)N2CCOCC2)c2c(O)c(O)c(O)c3c(=O)cc(-c4ccccc4)oc23)cc1OC. The first-order valence-electron chi connectivity index (χ1n) is 12.7. The van der Waals surface area contributed by atoms with E-state index < -0.39 is 28.6 Å². The van der Waals surface area contributed by atoms with E-state index in [0.29, 0.717) is 48.9 Å². The molecule has 40 heavy (non-hydrogen) atoms. The fourth-order valence-corrected chi connectivity index (χ4v) is 5.01. The van der Waals surface area contributed by atoms with E-state index in [0.717, 1.165) is 0 Å². The van der Waals surface area contributed by atoms with Crippen molar-refractivity contribution in [3.8, 4) is 40.1 Å². The minimum atomic E-state index is -0.918. The number of nitrogens with zero attached hydrogens (tertiary/aromatic N) is 1. The Labute approximate surface area is 229 Å². The van der Waals surface area contributed by atoms with Crippen LogP contribution in [0.15, 0.2) is 63.8 Å². The number of amides is 1. The Morgan fingerprint density at radius 3 is 2.30 bits per heavy atom. The Morgan fingerprint density at radius 1 is 0.925 bits per heavy atom. The molecule has 2 heterocycles. The van der Waals surface area contributed by atoms with Crippen LogP contribution in [0.4, 0.5) is 0 Å². The highest BCUT2D eigenvalue weighted by Gasteiger charge is 2.33. The number of hydrogen-bond donors (Lipinski definition) is 3. The average Bonchev–Trinajstić information content (AvgIpc) is 2.99. The van der Waals surface area contributed by atoms with Gasteiger partial charge >= 0.3 is 0 Å². The number of benzene rings is 3. The molecule has 0 spiro atoms. The number of aromatic hydroxyl groups is 3. The van der Waals surface area contributed by atoms with Gasteiger partial charge < -0.3 is 38.8 Å². The van der Waals surface area contributed by atoms with Gasteiger partial charge in [-0.25, -0.2) is 0 Å². The minimum Gasteiger partial charge on any atom is -0.504 e. The van der Waals surface area contributed by atoms with Gasteiger partial charge in [0.1, 0.15) is 16.7 Å². The van der Waals surface area contributed by atoms with Crippen molar-refractivity contribution in [2.45, 2.75) is 12.3 Å². The molecule has 3 aromatic carbocycles. The summed E-state index contributed by atoms with van der Waals surface area (Å²) in [5, 5.41) is 32.3. The third kappa shape index (κ3) is 4.89. The molecule has 0 radical (unpaired) electrons. The van der Waals surface area contributed by atoms with Gasteiger partial charge in [0.05, 0.1) is 27.4 Å². The highest BCUT2D eigenvalue weighted by atomic mass is 16.5. The Bertz CT molecular complexity index is 1610. The summed E-state index contributed by atoms with van der Waals surface area (Å²) in [6, 6.07) is 15.1. The van der Waals surface area contributed by atoms with E-state index in [1.54, 1.807) is 47.4 Å². The zero-order chi connectivity index (χ0) is 28.4. The first-order chi connectivity index (χ1) is 19.3. The van der Waals surface area contributed by atoms with Crippen molar-refractivity contribution in [1.29, 1.82) is 0 Å². The number of carbonyl (C=O) groups excluding carboxylic acids is 1. The molecule has 1 aromatic heterocycles. The van der Waals surface area contributed by atoms with Gasteiger partial charge in [0.25, 0.3) is 0 Å². The van der Waals surface area contributed by atoms with Crippen molar-refractivity contribution < 1.29 is 38.7 Å². The molecule has 0 bridgehead atoms. The first kappa shape index (κ1) is 26.9. The minimum absolute atomic E-state index is 0.0194. The van der Waals surface area contributed by atoms with Crippen molar-refractivity contribution in [3.05, 3.63) is 75.9 Å². The second-order valence-corrected chi connectivity index (χ2v) is 9.37. The third-order valence-electron chi connectivity index (χ3n) is 7.09. The summed E-state index contributed by atoms with van der Waals surface area (Å²) in [6.07, 6.45) is -0.151. The molecule has 3 N–H and O–H groups in total. The van der Waals surface area contributed by atoms with Gasteiger partial charge in [-0.2, -0.15) is 0 Å². The molecule has 10 heteroatoms. The van der Waals surface area contributed by atoms with Gasteiger partial charge in [0, 0.05) is 42.6 Å². The van der Waals surface area contributed by atoms with Crippen LogP contribution in [0.1, 0.15) is 23.5 Å². The molecule has 4 aromatic rings. The number of ether oxygens (including phenoxy) is 3. The van der Waals surface area contributed by atoms with E-state index in [1.165, 1.54) is 20.3 Å². The molecule has 0 aliphatic carbocycles. The van der Waals surface area contributed by atoms with Gasteiger partial charge in [-0.05, 0) is 17.7 Å². The van der Waals surface area contributed by atoms with Crippen molar-refractivity contribution in [2.75, 3.05) is 40.5 Å². The first-order valence-corrected chi connectivity index (χ1v) is 12.7. The van der Waals surface area contributed by atoms with Crippen LogP contribution in [0.5, 0.6) is 28.7 Å². The monoisotopic (exact) mass is 547 g/mol. The predicted molar refractivity (Wildman–Crippen MR) is 146 cm³/mol. The molecular formula is C30H29NO9. The Morgan fingerprint density at radius 2 is 1.62 bits per heavy atom. The summed E-state index contributed by atoms with van der Waals surface area (Å²) < 4.78 is 22.4. The van der Waals surface area contributed by atoms with Crippen LogP contribution in [0.2, 0.25) is 0 Å². The predicted octanol–water partition coefficient (Wildman–Crippen LogP) is 3.97. The van der Waals surface area contributed by atoms with Gasteiger partial charge in [-0.3, -0.25) is 9.59 Å². The number of fused-ring (bicyclic) bond motifs is 1. The van der Waals surface area contributed by atoms with E-state index in [1.807, 2.05) is 6.07 Å². The fourth-order valence-electron chi connectivity index (χ4n) is 5.01. The quantitative estimate of drug-likeness (QED) is 0.293. The van der Waals surface area contributed by atoms with Crippen molar-refractivity contribution in [1.82, 2.24) is 4.90 Å². The van der Waals surface area contributed by atoms with Crippen LogP contribution in [0.3, 0.4) is 0 Å². The van der Waals surface area contributed by atoms with Crippen LogP contribution in [0, 0.1) is 0 Å². The number of rotatable bonds is 7. The number of morpholine rings is 1. The largest absolute Gasteiger partial charge is 0.504 e. The van der Waals surface area contributed by atoms with Crippen LogP contribution in [-0.4, -0.2) is 66.6 Å². The van der Waals surface area contributed by atoms with Crippen molar-refractivity contribution in [3.63, 3.8) is 0 Å². The summed E-state index contributed by atoms with van der Waals surface area (Å²) in [5.74, 6) is -2.53. The van der Waals surface area contributed by atoms with E-state index in [-0.39, 0.29) is 34.6 Å². The fraction of sp³-hybridized carbons (Fsp3) is 0.267. The molecule has 208 valence electrons. The summed E-state index contributed by atoms with van der Waals surface area (Å²) in [7, 11) is 2.97. The smallest absolute Gasteiger partial charge is 0.223 e. The lowest BCUT2D eigenvalue weighted by Gasteiger charge is -2.29. The summed E-state index contributed by atoms with van der Waals surface area (Å²) in [5.41, 5.74) is 0.322. The van der Waals surface area contributed by atoms with E-state index in [2.05, 4.69) is 0 Å². The van der Waals surface area contributed by atoms with Crippen LogP contribution < -0.4 is 14.9 Å². The normalized spacial score (nSPS) is 14.2. The van der Waals surface area contributed by atoms with Gasteiger partial charge in [0.2, 0.25) is 11.7 Å². The van der Waals surface area contributed by atoms with Crippen LogP contribution >= 0.6 is 0 Å². The standard InChI is InChI=1S/C30H29NO9/c1-37-21-9-8-18(14-23(21)38-2)19(15-24(33)31-10-12-39-13-11-31)25-27(34)29(36)28(35)26-20(32)16-22(40-30(25)26)17-6-4-3-5-7-17/h3-9,14,16,19,34-36H,10-13,15H2,1-2H3/t19-/m0/s1. The Balaban J connectivity index is 1.78. The Kier molecular flexibility index (Phi) is 7.52. The molecular weight excluding hydrogens is 518 g/mol. The van der Waals surface area contributed by atoms with Gasteiger partial charge in [-0.15, -0.1) is 0 Å². The second-order valence-electron chi connectivity index (χ2n) is 9.37.